The van der Waals surface area contributed by atoms with Gasteiger partial charge in [-0.05, 0) is 31.0 Å². The molecule has 0 amide bonds. The molecule has 1 saturated carbocycles. The Hall–Kier alpha value is -1.89. The van der Waals surface area contributed by atoms with Gasteiger partial charge in [0.1, 0.15) is 12.4 Å². The number of nitrogens with zero attached hydrogens (tertiary/aromatic N) is 3. The van der Waals surface area contributed by atoms with Crippen molar-refractivity contribution in [2.45, 2.75) is 25.3 Å². The largest absolute Gasteiger partial charge is 0.492 e. The van der Waals surface area contributed by atoms with Crippen molar-refractivity contribution in [3.05, 3.63) is 40.1 Å². The van der Waals surface area contributed by atoms with Crippen molar-refractivity contribution in [3.8, 4) is 5.75 Å². The number of ether oxygens (including phenoxy) is 1. The van der Waals surface area contributed by atoms with E-state index in [0.717, 1.165) is 28.8 Å². The predicted octanol–water partition coefficient (Wildman–Crippen LogP) is 2.70. The molecule has 0 saturated heterocycles. The van der Waals surface area contributed by atoms with Crippen molar-refractivity contribution < 1.29 is 14.6 Å². The fourth-order valence-electron chi connectivity index (χ4n) is 2.21. The van der Waals surface area contributed by atoms with Crippen LogP contribution in [0, 0.1) is 0 Å². The quantitative estimate of drug-likeness (QED) is 0.865. The number of hydrogen-bond donors (Lipinski definition) is 1. The molecule has 0 bridgehead atoms. The molecule has 1 aliphatic carbocycles. The average Bonchev–Trinajstić information content (AvgIpc) is 3.19. The van der Waals surface area contributed by atoms with Gasteiger partial charge in [-0.1, -0.05) is 27.2 Å². The lowest BCUT2D eigenvalue weighted by atomic mass is 10.2. The number of aromatic nitrogens is 3. The van der Waals surface area contributed by atoms with Crippen molar-refractivity contribution in [1.82, 2.24) is 15.0 Å². The zero-order valence-electron chi connectivity index (χ0n) is 11.2. The van der Waals surface area contributed by atoms with Gasteiger partial charge in [-0.15, -0.1) is 5.10 Å². The van der Waals surface area contributed by atoms with Gasteiger partial charge in [0, 0.05) is 10.4 Å². The second-order valence-electron chi connectivity index (χ2n) is 4.93. The third-order valence-electron chi connectivity index (χ3n) is 3.31. The van der Waals surface area contributed by atoms with Crippen LogP contribution in [-0.4, -0.2) is 32.7 Å². The second kappa shape index (κ2) is 5.85. The molecule has 3 rings (SSSR count). The van der Waals surface area contributed by atoms with Gasteiger partial charge in [0.05, 0.1) is 12.2 Å². The zero-order chi connectivity index (χ0) is 14.8. The van der Waals surface area contributed by atoms with Crippen LogP contribution in [0.15, 0.2) is 28.7 Å². The summed E-state index contributed by atoms with van der Waals surface area (Å²) in [5.41, 5.74) is 0.792. The van der Waals surface area contributed by atoms with E-state index in [4.69, 9.17) is 9.84 Å². The summed E-state index contributed by atoms with van der Waals surface area (Å²) in [6.07, 6.45) is 2.00. The van der Waals surface area contributed by atoms with E-state index < -0.39 is 5.97 Å². The maximum atomic E-state index is 11.1. The van der Waals surface area contributed by atoms with Crippen LogP contribution in [-0.2, 0) is 6.54 Å². The van der Waals surface area contributed by atoms with E-state index in [0.29, 0.717) is 13.2 Å². The van der Waals surface area contributed by atoms with Crippen LogP contribution < -0.4 is 4.74 Å². The van der Waals surface area contributed by atoms with E-state index in [1.165, 1.54) is 0 Å². The van der Waals surface area contributed by atoms with E-state index in [1.807, 2.05) is 24.3 Å². The normalized spacial score (nSPS) is 14.1. The van der Waals surface area contributed by atoms with Gasteiger partial charge in [0.2, 0.25) is 0 Å². The maximum absolute atomic E-state index is 11.1. The van der Waals surface area contributed by atoms with Crippen LogP contribution in [0.3, 0.4) is 0 Å². The molecule has 0 radical (unpaired) electrons. The lowest BCUT2D eigenvalue weighted by Crippen LogP contribution is -2.13. The first-order valence-corrected chi connectivity index (χ1v) is 7.49. The molecule has 0 atom stereocenters. The second-order valence-corrected chi connectivity index (χ2v) is 5.85. The Kier molecular flexibility index (Phi) is 3.92. The molecule has 0 aliphatic heterocycles. The smallest absolute Gasteiger partial charge is 0.358 e. The van der Waals surface area contributed by atoms with E-state index in [9.17, 15) is 4.79 Å². The number of halogens is 1. The Morgan fingerprint density at radius 2 is 2.29 bits per heavy atom. The Balaban J connectivity index is 1.67. The lowest BCUT2D eigenvalue weighted by Gasteiger charge is -2.08. The van der Waals surface area contributed by atoms with E-state index >= 15 is 0 Å². The van der Waals surface area contributed by atoms with Crippen molar-refractivity contribution >= 4 is 21.9 Å². The maximum Gasteiger partial charge on any atom is 0.358 e. The van der Waals surface area contributed by atoms with Crippen LogP contribution in [0.4, 0.5) is 0 Å². The first-order valence-electron chi connectivity index (χ1n) is 6.70. The average molecular weight is 352 g/mol. The molecule has 0 spiro atoms. The van der Waals surface area contributed by atoms with Crippen molar-refractivity contribution in [2.75, 3.05) is 6.61 Å². The number of carboxylic acid groups (broad SMARTS) is 1. The molecule has 1 aliphatic rings. The van der Waals surface area contributed by atoms with E-state index in [-0.39, 0.29) is 11.6 Å². The molecule has 7 heteroatoms. The molecule has 0 unspecified atom stereocenters. The molecule has 110 valence electrons. The minimum Gasteiger partial charge on any atom is -0.492 e. The molecule has 1 N–H and O–H groups in total. The Labute approximate surface area is 129 Å². The molecule has 1 heterocycles. The fourth-order valence-corrected chi connectivity index (χ4v) is 2.58. The molecule has 6 nitrogen and oxygen atoms in total. The molecule has 1 fully saturated rings. The summed E-state index contributed by atoms with van der Waals surface area (Å²) in [6, 6.07) is 7.57. The van der Waals surface area contributed by atoms with Gasteiger partial charge < -0.3 is 9.84 Å². The lowest BCUT2D eigenvalue weighted by molar-refractivity contribution is 0.0689. The van der Waals surface area contributed by atoms with Crippen LogP contribution >= 0.6 is 15.9 Å². The predicted molar refractivity (Wildman–Crippen MR) is 78.6 cm³/mol. The highest BCUT2D eigenvalue weighted by Crippen LogP contribution is 2.41. The highest BCUT2D eigenvalue weighted by Gasteiger charge is 2.33. The number of carboxylic acids is 1. The molecule has 2 aromatic rings. The number of carbonyl (C=O) groups is 1. The highest BCUT2D eigenvalue weighted by atomic mass is 79.9. The number of rotatable bonds is 6. The van der Waals surface area contributed by atoms with E-state index in [2.05, 4.69) is 26.2 Å². The topological polar surface area (TPSA) is 77.2 Å². The van der Waals surface area contributed by atoms with Crippen molar-refractivity contribution in [2.24, 2.45) is 0 Å². The first kappa shape index (κ1) is 14.1. The van der Waals surface area contributed by atoms with Gasteiger partial charge in [0.15, 0.2) is 5.69 Å². The standard InChI is InChI=1S/C14H14BrN3O3/c15-10-2-1-3-11(8-10)21-7-6-18-13(9-4-5-9)12(14(19)20)16-17-18/h1-3,8-9H,4-7H2,(H,19,20). The summed E-state index contributed by atoms with van der Waals surface area (Å²) in [4.78, 5) is 11.1. The first-order chi connectivity index (χ1) is 10.1. The van der Waals surface area contributed by atoms with Crippen LogP contribution in [0.2, 0.25) is 0 Å². The third kappa shape index (κ3) is 3.24. The third-order valence-corrected chi connectivity index (χ3v) is 3.80. The molecule has 21 heavy (non-hydrogen) atoms. The summed E-state index contributed by atoms with van der Waals surface area (Å²) in [5, 5.41) is 16.8. The van der Waals surface area contributed by atoms with Gasteiger partial charge >= 0.3 is 5.97 Å². The number of hydrogen-bond acceptors (Lipinski definition) is 4. The van der Waals surface area contributed by atoms with Crippen LogP contribution in [0.1, 0.15) is 34.9 Å². The van der Waals surface area contributed by atoms with Crippen LogP contribution in [0.5, 0.6) is 5.75 Å². The Morgan fingerprint density at radius 1 is 1.48 bits per heavy atom. The van der Waals surface area contributed by atoms with Gasteiger partial charge in [-0.2, -0.15) is 0 Å². The van der Waals surface area contributed by atoms with E-state index in [1.54, 1.807) is 4.68 Å². The van der Waals surface area contributed by atoms with Crippen molar-refractivity contribution in [1.29, 1.82) is 0 Å². The van der Waals surface area contributed by atoms with Crippen molar-refractivity contribution in [3.63, 3.8) is 0 Å². The van der Waals surface area contributed by atoms with Gasteiger partial charge in [-0.3, -0.25) is 0 Å². The summed E-state index contributed by atoms with van der Waals surface area (Å²) in [5.74, 6) is 0.0175. The SMILES string of the molecule is O=C(O)c1nnn(CCOc2cccc(Br)c2)c1C1CC1. The van der Waals surface area contributed by atoms with Crippen LogP contribution in [0.25, 0.3) is 0 Å². The van der Waals surface area contributed by atoms with Gasteiger partial charge in [0.25, 0.3) is 0 Å². The number of aromatic carboxylic acids is 1. The summed E-state index contributed by atoms with van der Waals surface area (Å²) < 4.78 is 8.25. The molecular formula is C14H14BrN3O3. The van der Waals surface area contributed by atoms with Gasteiger partial charge in [-0.25, -0.2) is 9.48 Å². The monoisotopic (exact) mass is 351 g/mol. The summed E-state index contributed by atoms with van der Waals surface area (Å²) in [6.45, 7) is 0.900. The Morgan fingerprint density at radius 3 is 2.95 bits per heavy atom. The fraction of sp³-hybridized carbons (Fsp3) is 0.357. The summed E-state index contributed by atoms with van der Waals surface area (Å²) >= 11 is 3.38. The molecule has 1 aromatic heterocycles. The Bertz CT molecular complexity index is 667. The number of benzene rings is 1. The molecule has 1 aromatic carbocycles. The highest BCUT2D eigenvalue weighted by molar-refractivity contribution is 9.10. The zero-order valence-corrected chi connectivity index (χ0v) is 12.8. The molecular weight excluding hydrogens is 338 g/mol. The minimum absolute atomic E-state index is 0.0694. The summed E-state index contributed by atoms with van der Waals surface area (Å²) in [7, 11) is 0. The minimum atomic E-state index is -1.02.